The third-order valence-corrected chi connectivity index (χ3v) is 7.03. The molecule has 2 fully saturated rings. The summed E-state index contributed by atoms with van der Waals surface area (Å²) in [6.45, 7) is 4.02. The van der Waals surface area contributed by atoms with Crippen LogP contribution < -0.4 is 5.56 Å². The van der Waals surface area contributed by atoms with E-state index in [-0.39, 0.29) is 17.4 Å². The largest absolute Gasteiger partial charge is 0.342 e. The van der Waals surface area contributed by atoms with Gasteiger partial charge in [-0.2, -0.15) is 0 Å². The molecule has 7 heteroatoms. The number of carbonyl (C=O) groups excluding carboxylic acids is 1. The topological polar surface area (TPSA) is 69.3 Å². The number of fused-ring (bicyclic) bond motifs is 1. The second-order valence-corrected chi connectivity index (χ2v) is 9.35. The Hall–Kier alpha value is -1.99. The number of aromatic amines is 1. The molecular formula is C21H26N4O2S. The summed E-state index contributed by atoms with van der Waals surface area (Å²) < 4.78 is 0. The van der Waals surface area contributed by atoms with Crippen molar-refractivity contribution in [1.29, 1.82) is 0 Å². The summed E-state index contributed by atoms with van der Waals surface area (Å²) in [4.78, 5) is 38.8. The van der Waals surface area contributed by atoms with Crippen LogP contribution in [-0.2, 0) is 24.3 Å². The molecule has 4 heterocycles. The minimum absolute atomic E-state index is 0.00141. The van der Waals surface area contributed by atoms with E-state index < -0.39 is 0 Å². The zero-order valence-electron chi connectivity index (χ0n) is 16.0. The van der Waals surface area contributed by atoms with E-state index in [1.807, 2.05) is 4.90 Å². The smallest absolute Gasteiger partial charge is 0.255 e. The molecule has 1 saturated heterocycles. The zero-order chi connectivity index (χ0) is 19.1. The van der Waals surface area contributed by atoms with Gasteiger partial charge in [-0.05, 0) is 37.1 Å². The minimum atomic E-state index is 0.00141. The average molecular weight is 399 g/mol. The van der Waals surface area contributed by atoms with Gasteiger partial charge in [0.25, 0.3) is 5.56 Å². The van der Waals surface area contributed by atoms with E-state index in [1.165, 1.54) is 4.88 Å². The number of nitrogens with one attached hydrogen (secondary N) is 1. The first kappa shape index (κ1) is 18.1. The molecule has 6 nitrogen and oxygen atoms in total. The number of piperidine rings is 1. The van der Waals surface area contributed by atoms with Gasteiger partial charge in [-0.1, -0.05) is 6.07 Å². The number of aromatic nitrogens is 2. The van der Waals surface area contributed by atoms with Gasteiger partial charge in [0.2, 0.25) is 5.91 Å². The molecule has 1 saturated carbocycles. The van der Waals surface area contributed by atoms with Crippen molar-refractivity contribution < 1.29 is 4.79 Å². The molecule has 2 aromatic heterocycles. The molecule has 1 amide bonds. The van der Waals surface area contributed by atoms with Crippen molar-refractivity contribution in [3.8, 4) is 0 Å². The van der Waals surface area contributed by atoms with Gasteiger partial charge in [0.1, 0.15) is 5.82 Å². The minimum Gasteiger partial charge on any atom is -0.342 e. The summed E-state index contributed by atoms with van der Waals surface area (Å²) in [6.07, 6.45) is 4.86. The average Bonchev–Trinajstić information content (AvgIpc) is 3.45. The second-order valence-electron chi connectivity index (χ2n) is 8.31. The van der Waals surface area contributed by atoms with Crippen LogP contribution in [0.2, 0.25) is 0 Å². The molecule has 148 valence electrons. The van der Waals surface area contributed by atoms with Crippen LogP contribution in [0.5, 0.6) is 0 Å². The summed E-state index contributed by atoms with van der Waals surface area (Å²) in [5, 5.41) is 2.09. The van der Waals surface area contributed by atoms with E-state index in [0.29, 0.717) is 19.0 Å². The van der Waals surface area contributed by atoms with Gasteiger partial charge in [0.15, 0.2) is 0 Å². The van der Waals surface area contributed by atoms with Crippen LogP contribution >= 0.6 is 11.3 Å². The number of hydrogen-bond acceptors (Lipinski definition) is 5. The Bertz CT molecular complexity index is 919. The Kier molecular flexibility index (Phi) is 4.80. The number of amides is 1. The lowest BCUT2D eigenvalue weighted by Gasteiger charge is -2.33. The first-order chi connectivity index (χ1) is 13.7. The van der Waals surface area contributed by atoms with Crippen molar-refractivity contribution in [3.05, 3.63) is 49.8 Å². The fourth-order valence-corrected chi connectivity index (χ4v) is 5.19. The van der Waals surface area contributed by atoms with Crippen LogP contribution in [0, 0.1) is 5.92 Å². The summed E-state index contributed by atoms with van der Waals surface area (Å²) >= 11 is 1.76. The Morgan fingerprint density at radius 2 is 2.18 bits per heavy atom. The maximum absolute atomic E-state index is 12.8. The first-order valence-electron chi connectivity index (χ1n) is 10.3. The molecule has 1 aliphatic carbocycles. The van der Waals surface area contributed by atoms with Gasteiger partial charge >= 0.3 is 0 Å². The van der Waals surface area contributed by atoms with Gasteiger partial charge in [-0.15, -0.1) is 11.3 Å². The number of likely N-dealkylation sites (tertiary alicyclic amines) is 1. The molecule has 2 aromatic rings. The quantitative estimate of drug-likeness (QED) is 0.859. The molecule has 1 N–H and O–H groups in total. The molecule has 28 heavy (non-hydrogen) atoms. The van der Waals surface area contributed by atoms with E-state index in [1.54, 1.807) is 11.3 Å². The maximum atomic E-state index is 12.8. The van der Waals surface area contributed by atoms with Gasteiger partial charge in [-0.3, -0.25) is 14.5 Å². The van der Waals surface area contributed by atoms with Crippen LogP contribution in [-0.4, -0.2) is 45.3 Å². The summed E-state index contributed by atoms with van der Waals surface area (Å²) in [7, 11) is 0. The lowest BCUT2D eigenvalue weighted by atomic mass is 9.96. The van der Waals surface area contributed by atoms with Crippen LogP contribution in [0.3, 0.4) is 0 Å². The molecule has 5 rings (SSSR count). The number of H-pyrrole nitrogens is 1. The fraction of sp³-hybridized carbons (Fsp3) is 0.571. The highest BCUT2D eigenvalue weighted by Crippen LogP contribution is 2.34. The van der Waals surface area contributed by atoms with Crippen molar-refractivity contribution >= 4 is 17.2 Å². The lowest BCUT2D eigenvalue weighted by Crippen LogP contribution is -2.41. The van der Waals surface area contributed by atoms with Gasteiger partial charge in [0, 0.05) is 55.9 Å². The molecule has 3 aliphatic rings. The highest BCUT2D eigenvalue weighted by atomic mass is 32.1. The summed E-state index contributed by atoms with van der Waals surface area (Å²) in [5.74, 6) is 1.49. The molecule has 0 spiro atoms. The van der Waals surface area contributed by atoms with Crippen LogP contribution in [0.25, 0.3) is 0 Å². The Balaban J connectivity index is 1.32. The van der Waals surface area contributed by atoms with Gasteiger partial charge in [0.05, 0.1) is 11.3 Å². The Labute approximate surface area is 168 Å². The highest BCUT2D eigenvalue weighted by molar-refractivity contribution is 7.09. The third-order valence-electron chi connectivity index (χ3n) is 6.17. The molecule has 1 unspecified atom stereocenters. The van der Waals surface area contributed by atoms with Crippen molar-refractivity contribution in [3.63, 3.8) is 0 Å². The van der Waals surface area contributed by atoms with E-state index >= 15 is 0 Å². The summed E-state index contributed by atoms with van der Waals surface area (Å²) in [5.41, 5.74) is 1.77. The third kappa shape index (κ3) is 3.65. The second kappa shape index (κ2) is 7.44. The van der Waals surface area contributed by atoms with Crippen molar-refractivity contribution in [2.24, 2.45) is 5.92 Å². The number of carbonyl (C=O) groups is 1. The van der Waals surface area contributed by atoms with Crippen LogP contribution in [0.1, 0.15) is 53.6 Å². The van der Waals surface area contributed by atoms with Crippen LogP contribution in [0.4, 0.5) is 0 Å². The van der Waals surface area contributed by atoms with Crippen molar-refractivity contribution in [2.75, 3.05) is 19.6 Å². The normalized spacial score (nSPS) is 22.9. The monoisotopic (exact) mass is 398 g/mol. The fourth-order valence-electron chi connectivity index (χ4n) is 4.44. The lowest BCUT2D eigenvalue weighted by molar-refractivity contribution is -0.133. The molecular weight excluding hydrogens is 372 g/mol. The Morgan fingerprint density at radius 1 is 1.29 bits per heavy atom. The number of rotatable bonds is 4. The molecule has 0 bridgehead atoms. The van der Waals surface area contributed by atoms with E-state index in [0.717, 1.165) is 68.8 Å². The maximum Gasteiger partial charge on any atom is 0.255 e. The van der Waals surface area contributed by atoms with Crippen LogP contribution in [0.15, 0.2) is 22.3 Å². The number of hydrogen-bond donors (Lipinski definition) is 1. The van der Waals surface area contributed by atoms with E-state index in [4.69, 9.17) is 4.98 Å². The van der Waals surface area contributed by atoms with Crippen molar-refractivity contribution in [1.82, 2.24) is 19.8 Å². The zero-order valence-corrected chi connectivity index (χ0v) is 16.8. The highest BCUT2D eigenvalue weighted by Gasteiger charge is 2.36. The Morgan fingerprint density at radius 3 is 2.96 bits per heavy atom. The molecule has 0 aromatic carbocycles. The van der Waals surface area contributed by atoms with Gasteiger partial charge < -0.3 is 9.88 Å². The predicted molar refractivity (Wildman–Crippen MR) is 108 cm³/mol. The van der Waals surface area contributed by atoms with E-state index in [2.05, 4.69) is 27.4 Å². The van der Waals surface area contributed by atoms with Gasteiger partial charge in [-0.25, -0.2) is 4.98 Å². The van der Waals surface area contributed by atoms with E-state index in [9.17, 15) is 9.59 Å². The molecule has 0 radical (unpaired) electrons. The summed E-state index contributed by atoms with van der Waals surface area (Å²) in [6, 6.07) is 4.21. The number of thiophene rings is 1. The number of nitrogens with zero attached hydrogens (tertiary/aromatic N) is 3. The first-order valence-corrected chi connectivity index (χ1v) is 11.2. The predicted octanol–water partition coefficient (Wildman–Crippen LogP) is 2.51. The van der Waals surface area contributed by atoms with Crippen molar-refractivity contribution in [2.45, 2.75) is 51.1 Å². The SMILES string of the molecule is O=C(C1CC1)N1CCCC(c2nc3c(c(=O)[nH]2)CN(Cc2cccs2)CC3)C1. The molecule has 2 aliphatic heterocycles. The standard InChI is InChI=1S/C21H26N4O2S/c26-20-17-13-24(12-16-4-2-10-28-16)9-7-18(17)22-19(23-20)15-3-1-8-25(11-15)21(27)14-5-6-14/h2,4,10,14-15H,1,3,5-9,11-13H2,(H,22,23,26). The molecule has 1 atom stereocenters.